The van der Waals surface area contributed by atoms with Gasteiger partial charge < -0.3 is 9.84 Å². The third-order valence-corrected chi connectivity index (χ3v) is 2.27. The number of ketones is 1. The molecule has 0 bridgehead atoms. The average molecular weight is 269 g/mol. The molecular weight excluding hydrogens is 256 g/mol. The van der Waals surface area contributed by atoms with Gasteiger partial charge in [-0.2, -0.15) is 0 Å². The molecule has 18 heavy (non-hydrogen) atoms. The minimum absolute atomic E-state index is 0.00882. The van der Waals surface area contributed by atoms with Crippen molar-refractivity contribution in [2.24, 2.45) is 0 Å². The van der Waals surface area contributed by atoms with Crippen LogP contribution in [0, 0.1) is 0 Å². The van der Waals surface area contributed by atoms with Gasteiger partial charge in [-0.1, -0.05) is 11.6 Å². The Morgan fingerprint density at radius 3 is 2.50 bits per heavy atom. The smallest absolute Gasteiger partial charge is 0.328 e. The fraction of sp³-hybridized carbons (Fsp3) is 0.231. The number of halogens is 1. The van der Waals surface area contributed by atoms with Crippen LogP contribution < -0.4 is 4.74 Å². The zero-order valence-corrected chi connectivity index (χ0v) is 10.8. The number of allylic oxidation sites excluding steroid dienone is 1. The molecule has 96 valence electrons. The van der Waals surface area contributed by atoms with E-state index in [-0.39, 0.29) is 16.7 Å². The monoisotopic (exact) mass is 268 g/mol. The largest absolute Gasteiger partial charge is 0.491 e. The molecule has 5 heteroatoms. The van der Waals surface area contributed by atoms with E-state index in [9.17, 15) is 9.59 Å². The van der Waals surface area contributed by atoms with Crippen molar-refractivity contribution in [2.75, 3.05) is 0 Å². The van der Waals surface area contributed by atoms with E-state index in [1.54, 1.807) is 6.07 Å². The van der Waals surface area contributed by atoms with Crippen LogP contribution in [0.5, 0.6) is 5.75 Å². The van der Waals surface area contributed by atoms with E-state index < -0.39 is 11.8 Å². The molecule has 1 aromatic carbocycles. The summed E-state index contributed by atoms with van der Waals surface area (Å²) in [5.74, 6) is -1.08. The lowest BCUT2D eigenvalue weighted by Gasteiger charge is -2.10. The predicted octanol–water partition coefficient (Wildman–Crippen LogP) is 2.95. The molecule has 0 amide bonds. The van der Waals surface area contributed by atoms with Gasteiger partial charge in [-0.3, -0.25) is 4.79 Å². The van der Waals surface area contributed by atoms with E-state index in [0.717, 1.165) is 12.2 Å². The van der Waals surface area contributed by atoms with Crippen LogP contribution in [0.1, 0.15) is 24.2 Å². The van der Waals surface area contributed by atoms with E-state index in [0.29, 0.717) is 5.75 Å². The van der Waals surface area contributed by atoms with Gasteiger partial charge in [0, 0.05) is 11.6 Å². The summed E-state index contributed by atoms with van der Waals surface area (Å²) in [6, 6.07) is 4.66. The van der Waals surface area contributed by atoms with Crippen LogP contribution in [0.15, 0.2) is 30.4 Å². The number of carboxylic acid groups (broad SMARTS) is 1. The Balaban J connectivity index is 2.91. The second-order valence-electron chi connectivity index (χ2n) is 3.84. The number of aliphatic carboxylic acids is 1. The standard InChI is InChI=1S/C13H13ClO4/c1-8(2)18-9-3-4-10(11(14)7-9)12(15)5-6-13(16)17/h3-8H,1-2H3,(H,16,17)/b6-5+. The maximum absolute atomic E-state index is 11.6. The number of carbonyl (C=O) groups is 2. The molecule has 0 fully saturated rings. The molecule has 0 radical (unpaired) electrons. The Hall–Kier alpha value is -1.81. The van der Waals surface area contributed by atoms with Gasteiger partial charge in [-0.15, -0.1) is 0 Å². The number of ether oxygens (including phenoxy) is 1. The molecule has 0 saturated heterocycles. The summed E-state index contributed by atoms with van der Waals surface area (Å²) in [4.78, 5) is 21.9. The summed E-state index contributed by atoms with van der Waals surface area (Å²) in [5.41, 5.74) is 0.241. The Kier molecular flexibility index (Phi) is 4.92. The number of rotatable bonds is 5. The van der Waals surface area contributed by atoms with Crippen LogP contribution in [-0.2, 0) is 4.79 Å². The Labute approximate surface area is 110 Å². The lowest BCUT2D eigenvalue weighted by Crippen LogP contribution is -2.06. The molecule has 0 saturated carbocycles. The summed E-state index contributed by atoms with van der Waals surface area (Å²) in [6.45, 7) is 3.76. The number of carboxylic acids is 1. The van der Waals surface area contributed by atoms with E-state index >= 15 is 0 Å². The van der Waals surface area contributed by atoms with Crippen LogP contribution >= 0.6 is 11.6 Å². The van der Waals surface area contributed by atoms with Gasteiger partial charge in [0.15, 0.2) is 5.78 Å². The van der Waals surface area contributed by atoms with Crippen LogP contribution in [0.3, 0.4) is 0 Å². The van der Waals surface area contributed by atoms with Gasteiger partial charge >= 0.3 is 5.97 Å². The first-order valence-corrected chi connectivity index (χ1v) is 5.69. The molecule has 0 aromatic heterocycles. The number of hydrogen-bond acceptors (Lipinski definition) is 3. The number of benzene rings is 1. The van der Waals surface area contributed by atoms with Gasteiger partial charge in [0.05, 0.1) is 11.1 Å². The summed E-state index contributed by atoms with van der Waals surface area (Å²) in [6.07, 6.45) is 1.75. The molecule has 0 heterocycles. The van der Waals surface area contributed by atoms with Crippen LogP contribution in [0.25, 0.3) is 0 Å². The van der Waals surface area contributed by atoms with Crippen molar-refractivity contribution in [2.45, 2.75) is 20.0 Å². The van der Waals surface area contributed by atoms with Crippen LogP contribution in [0.4, 0.5) is 0 Å². The minimum atomic E-state index is -1.18. The molecule has 0 spiro atoms. The Bertz CT molecular complexity index is 492. The Morgan fingerprint density at radius 1 is 1.33 bits per heavy atom. The van der Waals surface area contributed by atoms with Crippen molar-refractivity contribution in [1.82, 2.24) is 0 Å². The molecule has 0 aliphatic carbocycles. The quantitative estimate of drug-likeness (QED) is 0.659. The molecule has 0 atom stereocenters. The van der Waals surface area contributed by atoms with Gasteiger partial charge in [0.1, 0.15) is 5.75 Å². The molecular formula is C13H13ClO4. The van der Waals surface area contributed by atoms with Crippen molar-refractivity contribution in [3.05, 3.63) is 40.9 Å². The van der Waals surface area contributed by atoms with Gasteiger partial charge in [0.25, 0.3) is 0 Å². The molecule has 1 N–H and O–H groups in total. The van der Waals surface area contributed by atoms with Crippen molar-refractivity contribution in [3.63, 3.8) is 0 Å². The van der Waals surface area contributed by atoms with Gasteiger partial charge in [0.2, 0.25) is 0 Å². The highest BCUT2D eigenvalue weighted by molar-refractivity contribution is 6.34. The average Bonchev–Trinajstić information content (AvgIpc) is 2.25. The highest BCUT2D eigenvalue weighted by atomic mass is 35.5. The second kappa shape index (κ2) is 6.21. The number of hydrogen-bond donors (Lipinski definition) is 1. The highest BCUT2D eigenvalue weighted by Gasteiger charge is 2.09. The summed E-state index contributed by atoms with van der Waals surface area (Å²) < 4.78 is 5.42. The van der Waals surface area contributed by atoms with E-state index in [4.69, 9.17) is 21.4 Å². The summed E-state index contributed by atoms with van der Waals surface area (Å²) >= 11 is 5.94. The normalized spacial score (nSPS) is 10.9. The van der Waals surface area contributed by atoms with E-state index in [1.807, 2.05) is 13.8 Å². The van der Waals surface area contributed by atoms with Crippen molar-refractivity contribution in [1.29, 1.82) is 0 Å². The molecule has 0 aliphatic rings. The van der Waals surface area contributed by atoms with Gasteiger partial charge in [-0.05, 0) is 38.1 Å². The third kappa shape index (κ3) is 4.22. The first-order chi connectivity index (χ1) is 8.40. The predicted molar refractivity (Wildman–Crippen MR) is 68.3 cm³/mol. The molecule has 0 unspecified atom stereocenters. The molecule has 0 aliphatic heterocycles. The fourth-order valence-corrected chi connectivity index (χ4v) is 1.54. The Morgan fingerprint density at radius 2 is 2.00 bits per heavy atom. The zero-order chi connectivity index (χ0) is 13.7. The third-order valence-electron chi connectivity index (χ3n) is 1.96. The van der Waals surface area contributed by atoms with Crippen molar-refractivity contribution in [3.8, 4) is 5.75 Å². The lowest BCUT2D eigenvalue weighted by molar-refractivity contribution is -0.131. The first-order valence-electron chi connectivity index (χ1n) is 5.31. The summed E-state index contributed by atoms with van der Waals surface area (Å²) in [7, 11) is 0. The first kappa shape index (κ1) is 14.3. The van der Waals surface area contributed by atoms with Crippen LogP contribution in [-0.4, -0.2) is 23.0 Å². The van der Waals surface area contributed by atoms with E-state index in [2.05, 4.69) is 0 Å². The maximum Gasteiger partial charge on any atom is 0.328 e. The second-order valence-corrected chi connectivity index (χ2v) is 4.25. The van der Waals surface area contributed by atoms with Gasteiger partial charge in [-0.25, -0.2) is 4.79 Å². The lowest BCUT2D eigenvalue weighted by atomic mass is 10.1. The topological polar surface area (TPSA) is 63.6 Å². The maximum atomic E-state index is 11.6. The van der Waals surface area contributed by atoms with Crippen molar-refractivity contribution < 1.29 is 19.4 Å². The molecule has 1 aromatic rings. The SMILES string of the molecule is CC(C)Oc1ccc(C(=O)/C=C/C(=O)O)c(Cl)c1. The minimum Gasteiger partial charge on any atom is -0.491 e. The molecule has 4 nitrogen and oxygen atoms in total. The molecule has 1 rings (SSSR count). The van der Waals surface area contributed by atoms with E-state index in [1.165, 1.54) is 12.1 Å². The van der Waals surface area contributed by atoms with Crippen LogP contribution in [0.2, 0.25) is 5.02 Å². The van der Waals surface area contributed by atoms with Crippen molar-refractivity contribution >= 4 is 23.4 Å². The highest BCUT2D eigenvalue weighted by Crippen LogP contribution is 2.24. The summed E-state index contributed by atoms with van der Waals surface area (Å²) in [5, 5.41) is 8.66. The number of carbonyl (C=O) groups excluding carboxylic acids is 1. The zero-order valence-electron chi connectivity index (χ0n) is 10.0. The fourth-order valence-electron chi connectivity index (χ4n) is 1.28.